The van der Waals surface area contributed by atoms with Gasteiger partial charge in [-0.05, 0) is 64.8 Å². The van der Waals surface area contributed by atoms with Crippen LogP contribution in [0.25, 0.3) is 0 Å². The lowest BCUT2D eigenvalue weighted by Crippen LogP contribution is -2.20. The van der Waals surface area contributed by atoms with Gasteiger partial charge >= 0.3 is 0 Å². The first-order valence-corrected chi connectivity index (χ1v) is 10.2. The number of ether oxygens (including phenoxy) is 2. The quantitative estimate of drug-likeness (QED) is 0.449. The van der Waals surface area contributed by atoms with E-state index in [2.05, 4.69) is 26.6 Å². The van der Waals surface area contributed by atoms with Crippen LogP contribution in [0.5, 0.6) is 11.5 Å². The first kappa shape index (κ1) is 20.7. The summed E-state index contributed by atoms with van der Waals surface area (Å²) in [5, 5.41) is 6.18. The minimum Gasteiger partial charge on any atom is -0.490 e. The standard InChI is InChI=1S/C23H23BrN2O3/c1-2-28-21-14-17(15-25-18-9-5-3-6-10-18)13-20(24)23(21)29-16-22(27)26-19-11-7-4-8-12-19/h3-14,25H,2,15-16H2,1H3,(H,26,27). The fourth-order valence-corrected chi connectivity index (χ4v) is 3.35. The van der Waals surface area contributed by atoms with E-state index in [1.165, 1.54) is 0 Å². The van der Waals surface area contributed by atoms with Gasteiger partial charge in [0.15, 0.2) is 18.1 Å². The van der Waals surface area contributed by atoms with Gasteiger partial charge in [-0.15, -0.1) is 0 Å². The molecule has 6 heteroatoms. The Morgan fingerprint density at radius 1 is 0.931 bits per heavy atom. The monoisotopic (exact) mass is 454 g/mol. The van der Waals surface area contributed by atoms with Crippen LogP contribution in [0.2, 0.25) is 0 Å². The number of hydrogen-bond acceptors (Lipinski definition) is 4. The molecule has 0 aliphatic carbocycles. The van der Waals surface area contributed by atoms with Gasteiger partial charge in [-0.3, -0.25) is 4.79 Å². The van der Waals surface area contributed by atoms with Gasteiger partial charge in [-0.2, -0.15) is 0 Å². The van der Waals surface area contributed by atoms with Crippen LogP contribution in [0, 0.1) is 0 Å². The predicted molar refractivity (Wildman–Crippen MR) is 120 cm³/mol. The van der Waals surface area contributed by atoms with Crippen molar-refractivity contribution in [2.45, 2.75) is 13.5 Å². The predicted octanol–water partition coefficient (Wildman–Crippen LogP) is 5.48. The highest BCUT2D eigenvalue weighted by atomic mass is 79.9. The summed E-state index contributed by atoms with van der Waals surface area (Å²) in [4.78, 5) is 12.2. The Bertz CT molecular complexity index is 934. The van der Waals surface area contributed by atoms with Crippen LogP contribution in [0.3, 0.4) is 0 Å². The molecule has 0 heterocycles. The Hall–Kier alpha value is -2.99. The van der Waals surface area contributed by atoms with Crippen LogP contribution < -0.4 is 20.1 Å². The van der Waals surface area contributed by atoms with Crippen LogP contribution in [0.15, 0.2) is 77.3 Å². The number of nitrogens with one attached hydrogen (secondary N) is 2. The summed E-state index contributed by atoms with van der Waals surface area (Å²) in [6.45, 7) is 2.93. The highest BCUT2D eigenvalue weighted by Crippen LogP contribution is 2.37. The highest BCUT2D eigenvalue weighted by Gasteiger charge is 2.14. The summed E-state index contributed by atoms with van der Waals surface area (Å²) in [5.41, 5.74) is 2.80. The molecule has 0 bridgehead atoms. The molecule has 5 nitrogen and oxygen atoms in total. The molecule has 0 spiro atoms. The van der Waals surface area contributed by atoms with E-state index in [1.807, 2.05) is 79.7 Å². The Morgan fingerprint density at radius 2 is 1.59 bits per heavy atom. The number of hydrogen-bond donors (Lipinski definition) is 2. The molecular formula is C23H23BrN2O3. The van der Waals surface area contributed by atoms with Crippen molar-refractivity contribution in [1.82, 2.24) is 0 Å². The molecule has 0 aliphatic heterocycles. The molecule has 0 atom stereocenters. The number of carbonyl (C=O) groups excluding carboxylic acids is 1. The molecule has 0 aromatic heterocycles. The summed E-state index contributed by atoms with van der Waals surface area (Å²) < 4.78 is 12.3. The van der Waals surface area contributed by atoms with E-state index in [-0.39, 0.29) is 12.5 Å². The molecule has 1 amide bonds. The third kappa shape index (κ3) is 6.26. The van der Waals surface area contributed by atoms with Crippen molar-refractivity contribution >= 4 is 33.2 Å². The molecule has 150 valence electrons. The minimum absolute atomic E-state index is 0.116. The molecule has 0 saturated carbocycles. The number of rotatable bonds is 9. The molecule has 3 aromatic carbocycles. The molecular weight excluding hydrogens is 432 g/mol. The molecule has 2 N–H and O–H groups in total. The number of carbonyl (C=O) groups is 1. The fourth-order valence-electron chi connectivity index (χ4n) is 2.74. The van der Waals surface area contributed by atoms with Gasteiger partial charge in [0, 0.05) is 17.9 Å². The maximum Gasteiger partial charge on any atom is 0.262 e. The molecule has 3 aromatic rings. The van der Waals surface area contributed by atoms with Crippen molar-refractivity contribution in [1.29, 1.82) is 0 Å². The number of para-hydroxylation sites is 2. The van der Waals surface area contributed by atoms with Crippen LogP contribution >= 0.6 is 15.9 Å². The molecule has 0 radical (unpaired) electrons. The van der Waals surface area contributed by atoms with E-state index in [0.717, 1.165) is 21.4 Å². The average Bonchev–Trinajstić information content (AvgIpc) is 2.73. The third-order valence-electron chi connectivity index (χ3n) is 4.04. The van der Waals surface area contributed by atoms with Crippen LogP contribution in [0.1, 0.15) is 12.5 Å². The number of amides is 1. The lowest BCUT2D eigenvalue weighted by molar-refractivity contribution is -0.118. The van der Waals surface area contributed by atoms with Gasteiger partial charge in [-0.25, -0.2) is 0 Å². The summed E-state index contributed by atoms with van der Waals surface area (Å²) in [7, 11) is 0. The van der Waals surface area contributed by atoms with Gasteiger partial charge in [0.2, 0.25) is 0 Å². The SMILES string of the molecule is CCOc1cc(CNc2ccccc2)cc(Br)c1OCC(=O)Nc1ccccc1. The van der Waals surface area contributed by atoms with E-state index < -0.39 is 0 Å². The van der Waals surface area contributed by atoms with Crippen LogP contribution in [-0.2, 0) is 11.3 Å². The molecule has 0 saturated heterocycles. The van der Waals surface area contributed by atoms with Crippen molar-refractivity contribution in [3.05, 3.63) is 82.8 Å². The largest absolute Gasteiger partial charge is 0.490 e. The second kappa shape index (κ2) is 10.5. The Balaban J connectivity index is 1.66. The number of halogens is 1. The topological polar surface area (TPSA) is 59.6 Å². The van der Waals surface area contributed by atoms with Crippen molar-refractivity contribution in [2.24, 2.45) is 0 Å². The molecule has 3 rings (SSSR count). The van der Waals surface area contributed by atoms with Gasteiger partial charge in [0.25, 0.3) is 5.91 Å². The Kier molecular flexibility index (Phi) is 7.53. The zero-order valence-corrected chi connectivity index (χ0v) is 17.7. The maximum absolute atomic E-state index is 12.2. The second-order valence-corrected chi connectivity index (χ2v) is 7.11. The molecule has 0 fully saturated rings. The van der Waals surface area contributed by atoms with Gasteiger partial charge in [0.05, 0.1) is 11.1 Å². The summed E-state index contributed by atoms with van der Waals surface area (Å²) in [6.07, 6.45) is 0. The minimum atomic E-state index is -0.236. The number of benzene rings is 3. The summed E-state index contributed by atoms with van der Waals surface area (Å²) in [6, 6.07) is 23.1. The van der Waals surface area contributed by atoms with Gasteiger partial charge in [-0.1, -0.05) is 36.4 Å². The number of anilines is 2. The van der Waals surface area contributed by atoms with Crippen molar-refractivity contribution in [2.75, 3.05) is 23.8 Å². The van der Waals surface area contributed by atoms with E-state index in [9.17, 15) is 4.79 Å². The lowest BCUT2D eigenvalue weighted by Gasteiger charge is -2.16. The van der Waals surface area contributed by atoms with Crippen molar-refractivity contribution in [3.8, 4) is 11.5 Å². The van der Waals surface area contributed by atoms with Crippen LogP contribution in [-0.4, -0.2) is 19.1 Å². The first-order chi connectivity index (χ1) is 14.2. The first-order valence-electron chi connectivity index (χ1n) is 9.37. The maximum atomic E-state index is 12.2. The smallest absolute Gasteiger partial charge is 0.262 e. The molecule has 0 aliphatic rings. The van der Waals surface area contributed by atoms with Gasteiger partial charge in [0.1, 0.15) is 0 Å². The molecule has 0 unspecified atom stereocenters. The normalized spacial score (nSPS) is 10.3. The van der Waals surface area contributed by atoms with E-state index in [0.29, 0.717) is 24.7 Å². The highest BCUT2D eigenvalue weighted by molar-refractivity contribution is 9.10. The summed E-state index contributed by atoms with van der Waals surface area (Å²) >= 11 is 3.55. The van der Waals surface area contributed by atoms with Crippen LogP contribution in [0.4, 0.5) is 11.4 Å². The van der Waals surface area contributed by atoms with E-state index in [4.69, 9.17) is 9.47 Å². The average molecular weight is 455 g/mol. The van der Waals surface area contributed by atoms with E-state index >= 15 is 0 Å². The lowest BCUT2D eigenvalue weighted by atomic mass is 10.2. The van der Waals surface area contributed by atoms with Gasteiger partial charge < -0.3 is 20.1 Å². The third-order valence-corrected chi connectivity index (χ3v) is 4.63. The van der Waals surface area contributed by atoms with Crippen molar-refractivity contribution < 1.29 is 14.3 Å². The zero-order valence-electron chi connectivity index (χ0n) is 16.2. The van der Waals surface area contributed by atoms with E-state index in [1.54, 1.807) is 0 Å². The Labute approximate surface area is 179 Å². The summed E-state index contributed by atoms with van der Waals surface area (Å²) in [5.74, 6) is 0.873. The second-order valence-electron chi connectivity index (χ2n) is 6.26. The molecule has 29 heavy (non-hydrogen) atoms. The van der Waals surface area contributed by atoms with Crippen molar-refractivity contribution in [3.63, 3.8) is 0 Å². The Morgan fingerprint density at radius 3 is 2.24 bits per heavy atom. The fraction of sp³-hybridized carbons (Fsp3) is 0.174. The zero-order chi connectivity index (χ0) is 20.5.